The van der Waals surface area contributed by atoms with Crippen LogP contribution in [0.15, 0.2) is 54.7 Å². The summed E-state index contributed by atoms with van der Waals surface area (Å²) < 4.78 is 31.5. The summed E-state index contributed by atoms with van der Waals surface area (Å²) in [4.78, 5) is 28.3. The number of likely N-dealkylation sites (tertiary alicyclic amines) is 1. The van der Waals surface area contributed by atoms with E-state index in [2.05, 4.69) is 51.2 Å². The lowest BCUT2D eigenvalue weighted by atomic mass is 9.94. The van der Waals surface area contributed by atoms with Crippen molar-refractivity contribution in [3.8, 4) is 23.4 Å². The number of hydrogen-bond donors (Lipinski definition) is 0. The molecule has 248 valence electrons. The number of aromatic nitrogens is 5. The van der Waals surface area contributed by atoms with Gasteiger partial charge in [0.05, 0.1) is 30.2 Å². The molecule has 2 atom stereocenters. The Bertz CT molecular complexity index is 2190. The van der Waals surface area contributed by atoms with Crippen LogP contribution in [0.4, 0.5) is 14.6 Å². The van der Waals surface area contributed by atoms with E-state index in [9.17, 15) is 19.7 Å². The van der Waals surface area contributed by atoms with E-state index in [1.807, 2.05) is 18.2 Å². The lowest BCUT2D eigenvalue weighted by Crippen LogP contribution is -2.58. The number of pyridine rings is 2. The summed E-state index contributed by atoms with van der Waals surface area (Å²) in [6, 6.07) is 14.9. The minimum Gasteiger partial charge on any atom is -0.351 e. The Morgan fingerprint density at radius 2 is 1.96 bits per heavy atom. The highest BCUT2D eigenvalue weighted by Gasteiger charge is 2.36. The number of nitrogens with zero attached hydrogens (tertiary/aromatic N) is 10. The number of alkyl halides is 1. The number of amides is 1. The Morgan fingerprint density at radius 1 is 1.16 bits per heavy atom. The van der Waals surface area contributed by atoms with Crippen molar-refractivity contribution in [1.82, 2.24) is 34.8 Å². The first-order valence-electron chi connectivity index (χ1n) is 16.4. The Kier molecular flexibility index (Phi) is 8.61. The lowest BCUT2D eigenvalue weighted by Gasteiger charge is -2.44. The molecule has 1 amide bonds. The number of carbonyl (C=O) groups excluding carboxylic acids is 1. The number of fused-ring (bicyclic) bond motifs is 4. The molecule has 0 spiro atoms. The maximum Gasteiger partial charge on any atom is 0.246 e. The minimum atomic E-state index is -0.752. The van der Waals surface area contributed by atoms with Crippen molar-refractivity contribution in [1.29, 1.82) is 10.5 Å². The number of anilines is 1. The number of hydrogen-bond acceptors (Lipinski definition) is 9. The van der Waals surface area contributed by atoms with Gasteiger partial charge in [0.1, 0.15) is 23.4 Å². The molecule has 13 heteroatoms. The molecule has 2 aliphatic rings. The normalized spacial score (nSPS) is 18.4. The van der Waals surface area contributed by atoms with E-state index < -0.39 is 18.5 Å². The maximum atomic E-state index is 17.0. The van der Waals surface area contributed by atoms with Crippen molar-refractivity contribution >= 4 is 44.4 Å². The van der Waals surface area contributed by atoms with E-state index >= 15 is 4.39 Å². The second-order valence-electron chi connectivity index (χ2n) is 12.6. The first-order chi connectivity index (χ1) is 23.9. The van der Waals surface area contributed by atoms with Gasteiger partial charge in [0.25, 0.3) is 0 Å². The predicted octanol–water partition coefficient (Wildman–Crippen LogP) is 5.32. The van der Waals surface area contributed by atoms with Gasteiger partial charge in [-0.2, -0.15) is 10.5 Å². The molecule has 2 aliphatic heterocycles. The van der Waals surface area contributed by atoms with Crippen molar-refractivity contribution in [2.75, 3.05) is 44.8 Å². The van der Waals surface area contributed by atoms with Crippen LogP contribution in [0.5, 0.6) is 0 Å². The molecule has 3 aromatic heterocycles. The lowest BCUT2D eigenvalue weighted by molar-refractivity contribution is -0.130. The highest BCUT2D eigenvalue weighted by Crippen LogP contribution is 2.40. The fourth-order valence-corrected chi connectivity index (χ4v) is 7.16. The molecule has 2 saturated heterocycles. The van der Waals surface area contributed by atoms with Crippen LogP contribution in [-0.2, 0) is 4.79 Å². The standard InChI is InChI=1S/C36H34F2N10O/c1-3-45(2)26-20-46(21-26)36-34-35(48(44-43-34)25-13-16-47(24(17-25)12-15-39)29(49)11-6-14-37)28-19-41-32(31(38)33(28)42-36)27-10-5-8-22-7-4-9-23(18-40)30(22)27/h4-11,19,24-26H,3,12-14,16-17,20-21H2,1-2H3/b11-6+/t24-,25+/m1/s1. The van der Waals surface area contributed by atoms with Crippen LogP contribution in [-0.4, -0.2) is 92.7 Å². The minimum absolute atomic E-state index is 0.0899. The molecule has 0 bridgehead atoms. The molecule has 5 aromatic rings. The van der Waals surface area contributed by atoms with Gasteiger partial charge in [-0.05, 0) is 44.0 Å². The fourth-order valence-electron chi connectivity index (χ4n) is 7.16. The fraction of sp³-hybridized carbons (Fsp3) is 0.361. The van der Waals surface area contributed by atoms with E-state index in [0.717, 1.165) is 18.0 Å². The number of benzene rings is 2. The van der Waals surface area contributed by atoms with Crippen LogP contribution < -0.4 is 4.90 Å². The second kappa shape index (κ2) is 13.2. The smallest absolute Gasteiger partial charge is 0.246 e. The van der Waals surface area contributed by atoms with Crippen LogP contribution in [0.3, 0.4) is 0 Å². The summed E-state index contributed by atoms with van der Waals surface area (Å²) in [5, 5.41) is 30.5. The Balaban J connectivity index is 1.38. The van der Waals surface area contributed by atoms with Gasteiger partial charge >= 0.3 is 0 Å². The van der Waals surface area contributed by atoms with Gasteiger partial charge in [-0.25, -0.2) is 18.4 Å². The topological polar surface area (TPSA) is 131 Å². The number of likely N-dealkylation sites (N-methyl/N-ethyl adjacent to an activating group) is 1. The predicted molar refractivity (Wildman–Crippen MR) is 182 cm³/mol. The summed E-state index contributed by atoms with van der Waals surface area (Å²) in [7, 11) is 2.07. The van der Waals surface area contributed by atoms with E-state index in [1.54, 1.807) is 34.0 Å². The number of nitriles is 2. The summed E-state index contributed by atoms with van der Waals surface area (Å²) in [5.41, 5.74) is 2.23. The zero-order chi connectivity index (χ0) is 34.2. The maximum absolute atomic E-state index is 17.0. The third-order valence-electron chi connectivity index (χ3n) is 9.93. The highest BCUT2D eigenvalue weighted by atomic mass is 19.1. The number of carbonyl (C=O) groups is 1. The second-order valence-corrected chi connectivity index (χ2v) is 12.6. The van der Waals surface area contributed by atoms with E-state index in [1.165, 1.54) is 6.08 Å². The number of piperidine rings is 1. The van der Waals surface area contributed by atoms with E-state index in [-0.39, 0.29) is 29.6 Å². The summed E-state index contributed by atoms with van der Waals surface area (Å²) in [6.07, 6.45) is 4.98. The summed E-state index contributed by atoms with van der Waals surface area (Å²) in [6.45, 7) is 3.96. The third kappa shape index (κ3) is 5.50. The van der Waals surface area contributed by atoms with Gasteiger partial charge in [0, 0.05) is 60.3 Å². The molecule has 0 aliphatic carbocycles. The van der Waals surface area contributed by atoms with E-state index in [0.29, 0.717) is 77.3 Å². The number of halogens is 2. The SMILES string of the molecule is CCN(C)C1CN(c2nc3c(F)c(-c4cccc5cccc(C#N)c45)ncc3c3c2nnn3[C@H]2CCN(C(=O)/C=C/CF)[C@H](CC#N)C2)C1. The number of rotatable bonds is 8. The molecule has 0 saturated carbocycles. The average molecular weight is 661 g/mol. The molecule has 5 heterocycles. The van der Waals surface area contributed by atoms with Crippen LogP contribution >= 0.6 is 0 Å². The molecule has 2 aromatic carbocycles. The van der Waals surface area contributed by atoms with Gasteiger partial charge < -0.3 is 14.7 Å². The molecule has 0 unspecified atom stereocenters. The van der Waals surface area contributed by atoms with Crippen molar-refractivity contribution in [3.05, 3.63) is 66.1 Å². The van der Waals surface area contributed by atoms with Crippen molar-refractivity contribution < 1.29 is 13.6 Å². The van der Waals surface area contributed by atoms with Gasteiger partial charge in [0.2, 0.25) is 5.91 Å². The van der Waals surface area contributed by atoms with Crippen LogP contribution in [0.2, 0.25) is 0 Å². The molecule has 2 fully saturated rings. The molecule has 0 radical (unpaired) electrons. The molecular weight excluding hydrogens is 626 g/mol. The summed E-state index contributed by atoms with van der Waals surface area (Å²) in [5.74, 6) is -0.425. The van der Waals surface area contributed by atoms with Gasteiger partial charge in [-0.15, -0.1) is 5.10 Å². The Hall–Kier alpha value is -5.53. The van der Waals surface area contributed by atoms with Crippen molar-refractivity contribution in [2.45, 2.75) is 44.3 Å². The Labute approximate surface area is 281 Å². The highest BCUT2D eigenvalue weighted by molar-refractivity contribution is 6.08. The largest absolute Gasteiger partial charge is 0.351 e. The Morgan fingerprint density at radius 3 is 2.69 bits per heavy atom. The van der Waals surface area contributed by atoms with Gasteiger partial charge in [0.15, 0.2) is 17.2 Å². The first kappa shape index (κ1) is 32.0. The molecular formula is C36H34F2N10O. The van der Waals surface area contributed by atoms with E-state index in [4.69, 9.17) is 4.98 Å². The molecule has 11 nitrogen and oxygen atoms in total. The van der Waals surface area contributed by atoms with Crippen molar-refractivity contribution in [2.24, 2.45) is 0 Å². The van der Waals surface area contributed by atoms with Crippen molar-refractivity contribution in [3.63, 3.8) is 0 Å². The van der Waals surface area contributed by atoms with Gasteiger partial charge in [-0.1, -0.05) is 42.5 Å². The first-order valence-corrected chi connectivity index (χ1v) is 16.4. The molecule has 0 N–H and O–H groups in total. The molecule has 49 heavy (non-hydrogen) atoms. The monoisotopic (exact) mass is 660 g/mol. The zero-order valence-corrected chi connectivity index (χ0v) is 27.2. The van der Waals surface area contributed by atoms with Gasteiger partial charge in [-0.3, -0.25) is 9.78 Å². The quantitative estimate of drug-likeness (QED) is 0.203. The van der Waals surface area contributed by atoms with Crippen LogP contribution in [0.25, 0.3) is 44.0 Å². The average Bonchev–Trinajstić information content (AvgIpc) is 3.55. The summed E-state index contributed by atoms with van der Waals surface area (Å²) >= 11 is 0. The van der Waals surface area contributed by atoms with Crippen LogP contribution in [0, 0.1) is 28.5 Å². The van der Waals surface area contributed by atoms with Crippen LogP contribution in [0.1, 0.15) is 37.8 Å². The third-order valence-corrected chi connectivity index (χ3v) is 9.93. The number of allylic oxidation sites excluding steroid dienone is 1. The zero-order valence-electron chi connectivity index (χ0n) is 27.2. The molecule has 7 rings (SSSR count).